The number of carbonyl (C=O) groups excluding carboxylic acids is 1. The maximum atomic E-state index is 13.5. The maximum absolute atomic E-state index is 13.5. The van der Waals surface area contributed by atoms with E-state index in [0.29, 0.717) is 28.1 Å². The van der Waals surface area contributed by atoms with Gasteiger partial charge in [0, 0.05) is 17.8 Å². The zero-order valence-corrected chi connectivity index (χ0v) is 26.3. The predicted molar refractivity (Wildman–Crippen MR) is 167 cm³/mol. The predicted octanol–water partition coefficient (Wildman–Crippen LogP) is 5.92. The minimum Gasteiger partial charge on any atom is -0.456 e. The van der Waals surface area contributed by atoms with Crippen LogP contribution in [0, 0.1) is 6.92 Å². The van der Waals surface area contributed by atoms with E-state index in [9.17, 15) is 18.3 Å². The number of sulfone groups is 1. The fourth-order valence-corrected chi connectivity index (χ4v) is 5.82. The number of nitrogens with zero attached hydrogens (tertiary/aromatic N) is 4. The summed E-state index contributed by atoms with van der Waals surface area (Å²) in [4.78, 5) is 21.3. The minimum atomic E-state index is -4.01. The Morgan fingerprint density at radius 1 is 1.00 bits per heavy atom. The second kappa shape index (κ2) is 11.5. The average molecular weight is 614 g/mol. The Morgan fingerprint density at radius 2 is 1.77 bits per heavy atom. The summed E-state index contributed by atoms with van der Waals surface area (Å²) in [5, 5.41) is 17.9. The lowest BCUT2D eigenvalue weighted by Gasteiger charge is -2.18. The second-order valence-electron chi connectivity index (χ2n) is 12.2. The molecule has 0 fully saturated rings. The van der Waals surface area contributed by atoms with Gasteiger partial charge in [-0.25, -0.2) is 13.4 Å². The standard InChI is InChI=1S/C33H35N5O5S/c1-21-16-22(17-30(39)36-23-19-35-38(20-23)32(2,3)4)10-13-27(21)43-28-14-15-34-26-12-11-24(18-25(26)28)44(41,42)31-9-7-8-29(37-31)33(5,6)40/h7-16,18-20,40H,17H2,1-6H3,(H,36,39). The van der Waals surface area contributed by atoms with Gasteiger partial charge in [-0.3, -0.25) is 14.5 Å². The van der Waals surface area contributed by atoms with Gasteiger partial charge in [-0.15, -0.1) is 0 Å². The lowest BCUT2D eigenvalue weighted by molar-refractivity contribution is -0.115. The van der Waals surface area contributed by atoms with E-state index in [2.05, 4.69) is 20.4 Å². The van der Waals surface area contributed by atoms with Crippen molar-refractivity contribution in [2.45, 2.75) is 69.0 Å². The summed E-state index contributed by atoms with van der Waals surface area (Å²) in [7, 11) is -4.01. The molecule has 2 N–H and O–H groups in total. The van der Waals surface area contributed by atoms with Gasteiger partial charge < -0.3 is 15.2 Å². The average Bonchev–Trinajstić information content (AvgIpc) is 3.43. The Hall–Kier alpha value is -4.61. The number of hydrogen-bond donors (Lipinski definition) is 2. The third-order valence-electron chi connectivity index (χ3n) is 6.99. The zero-order chi connectivity index (χ0) is 31.9. The van der Waals surface area contributed by atoms with Crippen molar-refractivity contribution in [3.8, 4) is 11.5 Å². The van der Waals surface area contributed by atoms with E-state index in [-0.39, 0.29) is 33.5 Å². The molecule has 1 amide bonds. The number of benzene rings is 2. The highest BCUT2D eigenvalue weighted by Crippen LogP contribution is 2.34. The normalized spacial score (nSPS) is 12.3. The number of hydrogen-bond acceptors (Lipinski definition) is 8. The third kappa shape index (κ3) is 6.63. The molecule has 0 aliphatic rings. The molecule has 0 saturated carbocycles. The number of aryl methyl sites for hydroxylation is 1. The van der Waals surface area contributed by atoms with E-state index >= 15 is 0 Å². The minimum absolute atomic E-state index is 0.0226. The summed E-state index contributed by atoms with van der Waals surface area (Å²) in [5.74, 6) is 0.818. The fourth-order valence-electron chi connectivity index (χ4n) is 4.58. The van der Waals surface area contributed by atoms with E-state index in [1.54, 1.807) is 67.5 Å². The molecular formula is C33H35N5O5S. The number of pyridine rings is 2. The number of carbonyl (C=O) groups is 1. The van der Waals surface area contributed by atoms with Crippen LogP contribution in [0.2, 0.25) is 0 Å². The molecule has 0 aliphatic carbocycles. The first-order valence-electron chi connectivity index (χ1n) is 14.1. The van der Waals surface area contributed by atoms with E-state index in [1.165, 1.54) is 18.2 Å². The third-order valence-corrected chi connectivity index (χ3v) is 8.64. The summed E-state index contributed by atoms with van der Waals surface area (Å²) in [5.41, 5.74) is 1.56. The van der Waals surface area contributed by atoms with Crippen LogP contribution in [0.1, 0.15) is 51.4 Å². The Balaban J connectivity index is 1.37. The van der Waals surface area contributed by atoms with Gasteiger partial charge in [0.25, 0.3) is 0 Å². The first-order valence-corrected chi connectivity index (χ1v) is 15.6. The van der Waals surface area contributed by atoms with Crippen LogP contribution in [0.25, 0.3) is 10.9 Å². The fraction of sp³-hybridized carbons (Fsp3) is 0.273. The molecule has 0 atom stereocenters. The van der Waals surface area contributed by atoms with Crippen LogP contribution in [0.3, 0.4) is 0 Å². The van der Waals surface area contributed by atoms with Crippen molar-refractivity contribution in [1.29, 1.82) is 0 Å². The maximum Gasteiger partial charge on any atom is 0.228 e. The van der Waals surface area contributed by atoms with Crippen molar-refractivity contribution in [1.82, 2.24) is 19.7 Å². The SMILES string of the molecule is Cc1cc(CC(=O)Nc2cnn(C(C)(C)C)c2)ccc1Oc1ccnc2ccc(S(=O)(=O)c3cccc(C(C)(C)O)n3)cc12. The number of fused-ring (bicyclic) bond motifs is 1. The van der Waals surface area contributed by atoms with Crippen molar-refractivity contribution >= 4 is 32.3 Å². The van der Waals surface area contributed by atoms with Crippen LogP contribution in [0.4, 0.5) is 5.69 Å². The van der Waals surface area contributed by atoms with E-state index < -0.39 is 15.4 Å². The monoisotopic (exact) mass is 613 g/mol. The molecule has 0 aliphatic heterocycles. The summed E-state index contributed by atoms with van der Waals surface area (Å²) in [6.45, 7) is 11.1. The van der Waals surface area contributed by atoms with Gasteiger partial charge in [-0.2, -0.15) is 5.10 Å². The summed E-state index contributed by atoms with van der Waals surface area (Å²) < 4.78 is 35.1. The molecule has 0 spiro atoms. The van der Waals surface area contributed by atoms with Crippen LogP contribution >= 0.6 is 0 Å². The van der Waals surface area contributed by atoms with Crippen molar-refractivity contribution in [3.63, 3.8) is 0 Å². The van der Waals surface area contributed by atoms with Crippen LogP contribution in [-0.2, 0) is 32.2 Å². The van der Waals surface area contributed by atoms with E-state index in [4.69, 9.17) is 4.74 Å². The number of amides is 1. The zero-order valence-electron chi connectivity index (χ0n) is 25.5. The molecule has 44 heavy (non-hydrogen) atoms. The number of ether oxygens (including phenoxy) is 1. The van der Waals surface area contributed by atoms with Crippen LogP contribution in [0.15, 0.2) is 89.2 Å². The molecule has 228 valence electrons. The molecule has 0 saturated heterocycles. The molecule has 0 radical (unpaired) electrons. The van der Waals surface area contributed by atoms with Crippen molar-refractivity contribution in [2.24, 2.45) is 0 Å². The molecule has 5 rings (SSSR count). The molecule has 2 aromatic carbocycles. The number of anilines is 1. The molecule has 5 aromatic rings. The van der Waals surface area contributed by atoms with Gasteiger partial charge in [-0.1, -0.05) is 18.2 Å². The summed E-state index contributed by atoms with van der Waals surface area (Å²) in [6, 6.07) is 16.3. The number of nitrogens with one attached hydrogen (secondary N) is 1. The Kier molecular flexibility index (Phi) is 8.04. The Morgan fingerprint density at radius 3 is 2.45 bits per heavy atom. The van der Waals surface area contributed by atoms with Crippen molar-refractivity contribution in [2.75, 3.05) is 5.32 Å². The highest BCUT2D eigenvalue weighted by atomic mass is 32.2. The molecule has 11 heteroatoms. The lowest BCUT2D eigenvalue weighted by atomic mass is 10.1. The first-order chi connectivity index (χ1) is 20.6. The van der Waals surface area contributed by atoms with Gasteiger partial charge >= 0.3 is 0 Å². The quantitative estimate of drug-likeness (QED) is 0.220. The van der Waals surface area contributed by atoms with E-state index in [0.717, 1.165) is 11.1 Å². The number of rotatable bonds is 8. The van der Waals surface area contributed by atoms with Gasteiger partial charge in [0.05, 0.1) is 40.0 Å². The summed E-state index contributed by atoms with van der Waals surface area (Å²) >= 11 is 0. The lowest BCUT2D eigenvalue weighted by Crippen LogP contribution is -2.22. The van der Waals surface area contributed by atoms with Gasteiger partial charge in [-0.05, 0) is 95.1 Å². The molecule has 3 heterocycles. The Labute approximate surface area is 256 Å². The largest absolute Gasteiger partial charge is 0.456 e. The number of aromatic nitrogens is 4. The topological polar surface area (TPSA) is 136 Å². The molecule has 0 bridgehead atoms. The van der Waals surface area contributed by atoms with Crippen LogP contribution in [0.5, 0.6) is 11.5 Å². The molecule has 3 aromatic heterocycles. The van der Waals surface area contributed by atoms with Gasteiger partial charge in [0.1, 0.15) is 17.1 Å². The molecular weight excluding hydrogens is 578 g/mol. The molecule has 0 unspecified atom stereocenters. The van der Waals surface area contributed by atoms with E-state index in [1.807, 2.05) is 39.8 Å². The highest BCUT2D eigenvalue weighted by Gasteiger charge is 2.25. The van der Waals surface area contributed by atoms with Crippen molar-refractivity contribution in [3.05, 3.63) is 96.1 Å². The van der Waals surface area contributed by atoms with Gasteiger partial charge in [0.2, 0.25) is 15.7 Å². The summed E-state index contributed by atoms with van der Waals surface area (Å²) in [6.07, 6.45) is 5.20. The molecule has 10 nitrogen and oxygen atoms in total. The second-order valence-corrected chi connectivity index (χ2v) is 14.1. The smallest absolute Gasteiger partial charge is 0.228 e. The van der Waals surface area contributed by atoms with Crippen molar-refractivity contribution < 1.29 is 23.1 Å². The van der Waals surface area contributed by atoms with Gasteiger partial charge in [0.15, 0.2) is 5.03 Å². The van der Waals surface area contributed by atoms with Crippen LogP contribution in [-0.4, -0.2) is 39.2 Å². The van der Waals surface area contributed by atoms with Crippen LogP contribution < -0.4 is 10.1 Å². The Bertz CT molecular complexity index is 1970. The first kappa shape index (κ1) is 30.8. The highest BCUT2D eigenvalue weighted by molar-refractivity contribution is 7.91. The number of aliphatic hydroxyl groups is 1.